The zero-order valence-corrected chi connectivity index (χ0v) is 24.3. The van der Waals surface area contributed by atoms with E-state index in [-0.39, 0.29) is 5.97 Å². The van der Waals surface area contributed by atoms with Crippen molar-refractivity contribution in [2.45, 2.75) is 117 Å². The Hall–Kier alpha value is -3.01. The molecule has 0 N–H and O–H groups in total. The molecule has 0 radical (unpaired) electrons. The molecule has 1 heterocycles. The van der Waals surface area contributed by atoms with E-state index in [0.717, 1.165) is 18.4 Å². The number of unbranched alkanes of at least 4 members (excludes halogenated alkanes) is 12. The number of rotatable bonds is 19. The average molecular weight is 529 g/mol. The minimum atomic E-state index is -0.336. The smallest absolute Gasteiger partial charge is 0.343 e. The molecule has 2 aromatic carbocycles. The molecular weight excluding hydrogens is 480 g/mol. The van der Waals surface area contributed by atoms with Crippen molar-refractivity contribution < 1.29 is 9.53 Å². The van der Waals surface area contributed by atoms with Crippen LogP contribution in [0.1, 0.15) is 125 Å². The summed E-state index contributed by atoms with van der Waals surface area (Å²) in [7, 11) is 0. The van der Waals surface area contributed by atoms with E-state index >= 15 is 0 Å². The van der Waals surface area contributed by atoms with Crippen molar-refractivity contribution in [1.82, 2.24) is 9.97 Å². The first-order chi connectivity index (χ1) is 19.2. The topological polar surface area (TPSA) is 52.1 Å². The summed E-state index contributed by atoms with van der Waals surface area (Å²) in [5.74, 6) is 0.870. The number of esters is 1. The van der Waals surface area contributed by atoms with E-state index in [9.17, 15) is 4.79 Å². The van der Waals surface area contributed by atoms with Crippen LogP contribution >= 0.6 is 0 Å². The van der Waals surface area contributed by atoms with Crippen LogP contribution in [0.2, 0.25) is 0 Å². The third kappa shape index (κ3) is 11.7. The van der Waals surface area contributed by atoms with Crippen LogP contribution in [0.25, 0.3) is 11.4 Å². The first-order valence-electron chi connectivity index (χ1n) is 15.4. The van der Waals surface area contributed by atoms with Crippen molar-refractivity contribution >= 4 is 5.97 Å². The van der Waals surface area contributed by atoms with E-state index in [1.165, 1.54) is 101 Å². The highest BCUT2D eigenvalue weighted by Crippen LogP contribution is 2.21. The predicted octanol–water partition coefficient (Wildman–Crippen LogP) is 9.95. The van der Waals surface area contributed by atoms with E-state index in [1.807, 2.05) is 36.7 Å². The number of hydrogen-bond acceptors (Lipinski definition) is 4. The van der Waals surface area contributed by atoms with Crippen molar-refractivity contribution in [1.29, 1.82) is 0 Å². The summed E-state index contributed by atoms with van der Waals surface area (Å²) in [5.41, 5.74) is 3.94. The summed E-state index contributed by atoms with van der Waals surface area (Å²) in [4.78, 5) is 21.7. The first kappa shape index (κ1) is 30.5. The number of aromatic nitrogens is 2. The monoisotopic (exact) mass is 528 g/mol. The maximum atomic E-state index is 12.6. The summed E-state index contributed by atoms with van der Waals surface area (Å²) in [5, 5.41) is 0. The lowest BCUT2D eigenvalue weighted by molar-refractivity contribution is 0.0734. The maximum Gasteiger partial charge on any atom is 0.343 e. The van der Waals surface area contributed by atoms with Gasteiger partial charge in [-0.1, -0.05) is 103 Å². The summed E-state index contributed by atoms with van der Waals surface area (Å²) in [6, 6.07) is 15.3. The molecule has 210 valence electrons. The van der Waals surface area contributed by atoms with Crippen LogP contribution in [-0.4, -0.2) is 15.9 Å². The van der Waals surface area contributed by atoms with Gasteiger partial charge >= 0.3 is 5.97 Å². The van der Waals surface area contributed by atoms with E-state index in [2.05, 4.69) is 35.9 Å². The molecule has 0 saturated carbocycles. The zero-order chi connectivity index (χ0) is 27.5. The fourth-order valence-corrected chi connectivity index (χ4v) is 4.85. The largest absolute Gasteiger partial charge is 0.423 e. The number of ether oxygens (including phenoxy) is 1. The van der Waals surface area contributed by atoms with Crippen LogP contribution < -0.4 is 4.74 Å². The molecule has 0 aliphatic rings. The molecule has 0 atom stereocenters. The molecule has 0 unspecified atom stereocenters. The van der Waals surface area contributed by atoms with Gasteiger partial charge in [-0.05, 0) is 73.2 Å². The van der Waals surface area contributed by atoms with Gasteiger partial charge in [-0.15, -0.1) is 0 Å². The molecule has 0 aliphatic heterocycles. The minimum Gasteiger partial charge on any atom is -0.423 e. The molecule has 0 aliphatic carbocycles. The second-order valence-corrected chi connectivity index (χ2v) is 10.8. The molecular formula is C35H48N2O2. The van der Waals surface area contributed by atoms with Gasteiger partial charge in [0.2, 0.25) is 0 Å². The normalized spacial score (nSPS) is 11.0. The Bertz CT molecular complexity index is 1060. The number of benzene rings is 2. The highest BCUT2D eigenvalue weighted by Gasteiger charge is 2.10. The molecule has 0 spiro atoms. The molecule has 3 aromatic rings. The van der Waals surface area contributed by atoms with Crippen LogP contribution in [0.3, 0.4) is 0 Å². The van der Waals surface area contributed by atoms with Gasteiger partial charge in [0, 0.05) is 18.0 Å². The lowest BCUT2D eigenvalue weighted by Gasteiger charge is -2.07. The zero-order valence-electron chi connectivity index (χ0n) is 24.3. The highest BCUT2D eigenvalue weighted by atomic mass is 16.5. The third-order valence-electron chi connectivity index (χ3n) is 7.36. The van der Waals surface area contributed by atoms with E-state index in [1.54, 1.807) is 12.1 Å². The van der Waals surface area contributed by atoms with Gasteiger partial charge in [0.1, 0.15) is 5.75 Å². The maximum absolute atomic E-state index is 12.6. The van der Waals surface area contributed by atoms with Crippen molar-refractivity contribution in [3.63, 3.8) is 0 Å². The molecule has 1 aromatic heterocycles. The van der Waals surface area contributed by atoms with Gasteiger partial charge < -0.3 is 4.74 Å². The van der Waals surface area contributed by atoms with Gasteiger partial charge in [-0.2, -0.15) is 0 Å². The third-order valence-corrected chi connectivity index (χ3v) is 7.36. The molecule has 39 heavy (non-hydrogen) atoms. The minimum absolute atomic E-state index is 0.336. The summed E-state index contributed by atoms with van der Waals surface area (Å²) >= 11 is 0. The second kappa shape index (κ2) is 18.3. The van der Waals surface area contributed by atoms with Crippen LogP contribution in [0.5, 0.6) is 5.75 Å². The van der Waals surface area contributed by atoms with Gasteiger partial charge in [-0.25, -0.2) is 14.8 Å². The standard InChI is InChI=1S/C35H48N2O2/c1-3-5-7-9-11-12-14-15-17-29-19-21-32(22-20-29)35(38)39-33-25-23-31(24-26-33)34-36-27-30(28-37-34)18-16-13-10-8-6-4-2/h19-28H,3-18H2,1-2H3. The van der Waals surface area contributed by atoms with Crippen LogP contribution in [0.15, 0.2) is 60.9 Å². The van der Waals surface area contributed by atoms with Crippen molar-refractivity contribution in [2.24, 2.45) is 0 Å². The Kier molecular flexibility index (Phi) is 14.3. The molecule has 3 rings (SSSR count). The lowest BCUT2D eigenvalue weighted by Crippen LogP contribution is -2.08. The fraction of sp³-hybridized carbons (Fsp3) is 0.514. The Balaban J connectivity index is 1.39. The number of carbonyl (C=O) groups is 1. The van der Waals surface area contributed by atoms with Gasteiger partial charge in [-0.3, -0.25) is 0 Å². The number of nitrogens with zero attached hydrogens (tertiary/aromatic N) is 2. The molecule has 4 heteroatoms. The SMILES string of the molecule is CCCCCCCCCCc1ccc(C(=O)Oc2ccc(-c3ncc(CCCCCCCC)cn3)cc2)cc1. The summed E-state index contributed by atoms with van der Waals surface area (Å²) in [6.45, 7) is 4.51. The first-order valence-corrected chi connectivity index (χ1v) is 15.4. The average Bonchev–Trinajstić information content (AvgIpc) is 2.97. The Labute approximate surface area is 236 Å². The second-order valence-electron chi connectivity index (χ2n) is 10.8. The molecule has 0 bridgehead atoms. The van der Waals surface area contributed by atoms with E-state index in [4.69, 9.17) is 4.74 Å². The molecule has 0 fully saturated rings. The van der Waals surface area contributed by atoms with Crippen LogP contribution in [0, 0.1) is 0 Å². The van der Waals surface area contributed by atoms with Crippen molar-refractivity contribution in [3.05, 3.63) is 77.6 Å². The Morgan fingerprint density at radius 1 is 0.590 bits per heavy atom. The van der Waals surface area contributed by atoms with E-state index < -0.39 is 0 Å². The quantitative estimate of drug-likeness (QED) is 0.0882. The Morgan fingerprint density at radius 2 is 1.08 bits per heavy atom. The number of hydrogen-bond donors (Lipinski definition) is 0. The van der Waals surface area contributed by atoms with Crippen LogP contribution in [-0.2, 0) is 12.8 Å². The lowest BCUT2D eigenvalue weighted by atomic mass is 10.0. The molecule has 0 saturated heterocycles. The molecule has 0 amide bonds. The summed E-state index contributed by atoms with van der Waals surface area (Å²) in [6.07, 6.45) is 24.3. The fourth-order valence-electron chi connectivity index (χ4n) is 4.85. The van der Waals surface area contributed by atoms with Crippen molar-refractivity contribution in [2.75, 3.05) is 0 Å². The van der Waals surface area contributed by atoms with Gasteiger partial charge in [0.15, 0.2) is 5.82 Å². The predicted molar refractivity (Wildman–Crippen MR) is 162 cm³/mol. The van der Waals surface area contributed by atoms with E-state index in [0.29, 0.717) is 17.1 Å². The Morgan fingerprint density at radius 3 is 1.62 bits per heavy atom. The van der Waals surface area contributed by atoms with Gasteiger partial charge in [0.05, 0.1) is 5.56 Å². The summed E-state index contributed by atoms with van der Waals surface area (Å²) < 4.78 is 5.60. The molecule has 4 nitrogen and oxygen atoms in total. The van der Waals surface area contributed by atoms with Crippen LogP contribution in [0.4, 0.5) is 0 Å². The number of carbonyl (C=O) groups excluding carboxylic acids is 1. The highest BCUT2D eigenvalue weighted by molar-refractivity contribution is 5.91. The van der Waals surface area contributed by atoms with Crippen molar-refractivity contribution in [3.8, 4) is 17.1 Å². The van der Waals surface area contributed by atoms with Gasteiger partial charge in [0.25, 0.3) is 0 Å². The number of aryl methyl sites for hydroxylation is 2.